The summed E-state index contributed by atoms with van der Waals surface area (Å²) in [5.41, 5.74) is 0. The third-order valence-electron chi connectivity index (χ3n) is 0.818. The summed E-state index contributed by atoms with van der Waals surface area (Å²) in [5.74, 6) is 0. The van der Waals surface area contributed by atoms with E-state index < -0.39 is 25.4 Å². The monoisotopic (exact) mass is 122 g/mol. The molecule has 4 nitrogen and oxygen atoms in total. The molecule has 0 aromatic carbocycles. The molecule has 2 atom stereocenters. The topological polar surface area (TPSA) is 80.9 Å². The van der Waals surface area contributed by atoms with Gasteiger partial charge in [-0.15, -0.1) is 0 Å². The molecular weight excluding hydrogens is 112 g/mol. The lowest BCUT2D eigenvalue weighted by molar-refractivity contribution is -0.0388. The van der Waals surface area contributed by atoms with E-state index >= 15 is 0 Å². The van der Waals surface area contributed by atoms with Crippen LogP contribution in [0.3, 0.4) is 0 Å². The summed E-state index contributed by atoms with van der Waals surface area (Å²) in [4.78, 5) is 0. The Balaban J connectivity index is 3.29. The Morgan fingerprint density at radius 1 is 0.875 bits per heavy atom. The van der Waals surface area contributed by atoms with Gasteiger partial charge in [-0.25, -0.2) is 0 Å². The molecule has 0 fully saturated rings. The van der Waals surface area contributed by atoms with Crippen molar-refractivity contribution in [2.75, 3.05) is 13.2 Å². The minimum absolute atomic E-state index is 0.526. The maximum Gasteiger partial charge on any atom is 0.105 e. The van der Waals surface area contributed by atoms with Gasteiger partial charge < -0.3 is 20.4 Å². The van der Waals surface area contributed by atoms with Crippen molar-refractivity contribution in [1.82, 2.24) is 0 Å². The molecule has 0 spiro atoms. The van der Waals surface area contributed by atoms with E-state index in [0.717, 1.165) is 0 Å². The second kappa shape index (κ2) is 3.80. The van der Waals surface area contributed by atoms with Gasteiger partial charge in [-0.2, -0.15) is 0 Å². The number of hydrogen-bond acceptors (Lipinski definition) is 4. The van der Waals surface area contributed by atoms with Gasteiger partial charge in [-0.05, 0) is 0 Å². The largest absolute Gasteiger partial charge is 0.394 e. The molecule has 1 unspecified atom stereocenters. The molecule has 0 aromatic rings. The van der Waals surface area contributed by atoms with Gasteiger partial charge >= 0.3 is 0 Å². The van der Waals surface area contributed by atoms with Crippen molar-refractivity contribution >= 4 is 0 Å². The van der Waals surface area contributed by atoms with E-state index in [1.807, 2.05) is 0 Å². The van der Waals surface area contributed by atoms with E-state index in [0.29, 0.717) is 0 Å². The van der Waals surface area contributed by atoms with Crippen LogP contribution in [0.15, 0.2) is 0 Å². The van der Waals surface area contributed by atoms with Crippen LogP contribution in [0, 0.1) is 0 Å². The molecule has 0 heterocycles. The molecule has 0 aliphatic carbocycles. The molecule has 0 aliphatic heterocycles. The summed E-state index contributed by atoms with van der Waals surface area (Å²) < 4.78 is 0. The highest BCUT2D eigenvalue weighted by molar-refractivity contribution is 4.62. The maximum absolute atomic E-state index is 8.47. The lowest BCUT2D eigenvalue weighted by atomic mass is 10.2. The minimum atomic E-state index is -1.22. The summed E-state index contributed by atoms with van der Waals surface area (Å²) in [5, 5.41) is 33.2. The predicted molar refractivity (Wildman–Crippen MR) is 26.2 cm³/mol. The second-order valence-corrected chi connectivity index (χ2v) is 1.50. The maximum atomic E-state index is 8.47. The van der Waals surface area contributed by atoms with E-state index in [1.54, 1.807) is 0 Å². The summed E-state index contributed by atoms with van der Waals surface area (Å²) >= 11 is 0. The zero-order valence-corrected chi connectivity index (χ0v) is 4.36. The van der Waals surface area contributed by atoms with Crippen LogP contribution in [0.4, 0.5) is 0 Å². The molecule has 50 valence electrons. The zero-order chi connectivity index (χ0) is 6.57. The van der Waals surface area contributed by atoms with Crippen LogP contribution in [0.1, 0.15) is 0 Å². The highest BCUT2D eigenvalue weighted by Crippen LogP contribution is 1.88. The SMILES string of the molecule is OCC(O)[C@@H](O)CO. The van der Waals surface area contributed by atoms with Gasteiger partial charge in [-0.3, -0.25) is 0 Å². The Kier molecular flexibility index (Phi) is 3.72. The van der Waals surface area contributed by atoms with E-state index in [9.17, 15) is 0 Å². The van der Waals surface area contributed by atoms with Crippen molar-refractivity contribution in [1.29, 1.82) is 0 Å². The molecule has 0 rings (SSSR count). The molecule has 4 N–H and O–H groups in total. The molecule has 0 amide bonds. The van der Waals surface area contributed by atoms with Crippen molar-refractivity contribution in [3.63, 3.8) is 0 Å². The van der Waals surface area contributed by atoms with Gasteiger partial charge in [0.2, 0.25) is 0 Å². The van der Waals surface area contributed by atoms with E-state index in [2.05, 4.69) is 0 Å². The van der Waals surface area contributed by atoms with Gasteiger partial charge in [0.05, 0.1) is 13.2 Å². The van der Waals surface area contributed by atoms with Crippen LogP contribution >= 0.6 is 0 Å². The molecular formula is C4H10O4. The van der Waals surface area contributed by atoms with Crippen molar-refractivity contribution in [2.45, 2.75) is 12.2 Å². The van der Waals surface area contributed by atoms with Crippen LogP contribution in [0.25, 0.3) is 0 Å². The first-order chi connectivity index (χ1) is 3.72. The summed E-state index contributed by atoms with van der Waals surface area (Å²) in [6.45, 7) is -1.05. The summed E-state index contributed by atoms with van der Waals surface area (Å²) in [6.07, 6.45) is -2.44. The fraction of sp³-hybridized carbons (Fsp3) is 1.00. The third-order valence-corrected chi connectivity index (χ3v) is 0.818. The smallest absolute Gasteiger partial charge is 0.105 e. The Morgan fingerprint density at radius 3 is 1.25 bits per heavy atom. The number of rotatable bonds is 3. The van der Waals surface area contributed by atoms with E-state index in [4.69, 9.17) is 20.4 Å². The van der Waals surface area contributed by atoms with E-state index in [1.165, 1.54) is 0 Å². The van der Waals surface area contributed by atoms with Crippen molar-refractivity contribution in [3.8, 4) is 0 Å². The predicted octanol–water partition coefficient (Wildman–Crippen LogP) is -2.31. The fourth-order valence-corrected chi connectivity index (χ4v) is 0.243. The van der Waals surface area contributed by atoms with Crippen molar-refractivity contribution in [3.05, 3.63) is 0 Å². The number of aliphatic hydroxyl groups excluding tert-OH is 4. The first kappa shape index (κ1) is 7.84. The van der Waals surface area contributed by atoms with Crippen LogP contribution < -0.4 is 0 Å². The highest BCUT2D eigenvalue weighted by atomic mass is 16.4. The third kappa shape index (κ3) is 2.23. The summed E-state index contributed by atoms with van der Waals surface area (Å²) in [7, 11) is 0. The van der Waals surface area contributed by atoms with Crippen LogP contribution in [0.2, 0.25) is 0 Å². The standard InChI is InChI=1S/C4H10O4/c5-1-3(7)4(8)2-6/h3-8H,1-2H2/t3-,4?/m0/s1. The molecule has 0 radical (unpaired) electrons. The Morgan fingerprint density at radius 2 is 1.12 bits per heavy atom. The Bertz CT molecular complexity index is 48.0. The molecule has 0 aliphatic rings. The average Bonchev–Trinajstić information content (AvgIpc) is 1.84. The quantitative estimate of drug-likeness (QED) is 0.339. The van der Waals surface area contributed by atoms with Crippen LogP contribution in [-0.4, -0.2) is 45.8 Å². The van der Waals surface area contributed by atoms with Crippen molar-refractivity contribution in [2.24, 2.45) is 0 Å². The normalized spacial score (nSPS) is 18.0. The molecule has 4 heteroatoms. The van der Waals surface area contributed by atoms with Gasteiger partial charge in [-0.1, -0.05) is 0 Å². The molecule has 0 saturated heterocycles. The van der Waals surface area contributed by atoms with Crippen molar-refractivity contribution < 1.29 is 20.4 Å². The fourth-order valence-electron chi connectivity index (χ4n) is 0.243. The summed E-state index contributed by atoms with van der Waals surface area (Å²) in [6, 6.07) is 0. The molecule has 0 bridgehead atoms. The average molecular weight is 122 g/mol. The minimum Gasteiger partial charge on any atom is -0.394 e. The van der Waals surface area contributed by atoms with Gasteiger partial charge in [0.1, 0.15) is 12.2 Å². The van der Waals surface area contributed by atoms with Gasteiger partial charge in [0.25, 0.3) is 0 Å². The van der Waals surface area contributed by atoms with Crippen LogP contribution in [0.5, 0.6) is 0 Å². The van der Waals surface area contributed by atoms with Crippen LogP contribution in [-0.2, 0) is 0 Å². The first-order valence-electron chi connectivity index (χ1n) is 2.30. The van der Waals surface area contributed by atoms with Gasteiger partial charge in [0.15, 0.2) is 0 Å². The number of hydrogen-bond donors (Lipinski definition) is 4. The highest BCUT2D eigenvalue weighted by Gasteiger charge is 2.12. The molecule has 0 aromatic heterocycles. The second-order valence-electron chi connectivity index (χ2n) is 1.50. The lowest BCUT2D eigenvalue weighted by Crippen LogP contribution is -2.31. The zero-order valence-electron chi connectivity index (χ0n) is 4.36. The first-order valence-corrected chi connectivity index (χ1v) is 2.30. The molecule has 0 saturated carbocycles. The molecule has 8 heavy (non-hydrogen) atoms. The van der Waals surface area contributed by atoms with E-state index in [-0.39, 0.29) is 0 Å². The van der Waals surface area contributed by atoms with Gasteiger partial charge in [0, 0.05) is 0 Å². The number of aliphatic hydroxyl groups is 4. The Hall–Kier alpha value is -0.160. The lowest BCUT2D eigenvalue weighted by Gasteiger charge is -2.10. The Labute approximate surface area is 47.0 Å².